The van der Waals surface area contributed by atoms with Crippen molar-refractivity contribution in [1.29, 1.82) is 0 Å². The number of pyridine rings is 1. The summed E-state index contributed by atoms with van der Waals surface area (Å²) in [6.07, 6.45) is 1.60. The lowest BCUT2D eigenvalue weighted by Gasteiger charge is -2.22. The van der Waals surface area contributed by atoms with E-state index in [1.54, 1.807) is 35.2 Å². The molecule has 1 saturated heterocycles. The molecule has 2 amide bonds. The number of nitrogens with zero attached hydrogens (tertiary/aromatic N) is 2. The molecular weight excluding hydrogens is 358 g/mol. The molecule has 1 atom stereocenters. The molecule has 0 aliphatic carbocycles. The average molecular weight is 374 g/mol. The fraction of sp³-hybridized carbons (Fsp3) is 0.278. The second kappa shape index (κ2) is 6.84. The fourth-order valence-corrected chi connectivity index (χ4v) is 3.12. The Bertz CT molecular complexity index is 856. The molecule has 2 aromatic rings. The Morgan fingerprint density at radius 3 is 2.77 bits per heavy atom. The normalized spacial score (nSPS) is 18.7. The number of aromatic nitrogens is 1. The van der Waals surface area contributed by atoms with Crippen LogP contribution >= 0.6 is 11.6 Å². The second-order valence-electron chi connectivity index (χ2n) is 6.08. The topological polar surface area (TPSA) is 80.8 Å². The van der Waals surface area contributed by atoms with Crippen molar-refractivity contribution >= 4 is 34.9 Å². The van der Waals surface area contributed by atoms with Crippen molar-refractivity contribution in [3.63, 3.8) is 0 Å². The number of carbonyl (C=O) groups excluding carboxylic acids is 2. The van der Waals surface area contributed by atoms with Gasteiger partial charge >= 0.3 is 0 Å². The van der Waals surface area contributed by atoms with Gasteiger partial charge in [-0.3, -0.25) is 9.59 Å². The maximum Gasteiger partial charge on any atom is 0.230 e. The summed E-state index contributed by atoms with van der Waals surface area (Å²) in [5.74, 6) is 0.881. The summed E-state index contributed by atoms with van der Waals surface area (Å²) in [6, 6.07) is 8.61. The fourth-order valence-electron chi connectivity index (χ4n) is 3.01. The average Bonchev–Trinajstić information content (AvgIpc) is 3.05. The van der Waals surface area contributed by atoms with Crippen LogP contribution < -0.4 is 19.7 Å². The monoisotopic (exact) mass is 373 g/mol. The molecule has 0 radical (unpaired) electrons. The number of amides is 2. The Kier molecular flexibility index (Phi) is 4.38. The molecule has 8 heteroatoms. The van der Waals surface area contributed by atoms with Crippen LogP contribution in [0.5, 0.6) is 11.5 Å². The number of benzene rings is 1. The second-order valence-corrected chi connectivity index (χ2v) is 6.52. The van der Waals surface area contributed by atoms with E-state index < -0.39 is 5.92 Å². The maximum absolute atomic E-state index is 12.4. The number of halogens is 1. The van der Waals surface area contributed by atoms with E-state index in [2.05, 4.69) is 10.3 Å². The number of hydrogen-bond acceptors (Lipinski definition) is 5. The van der Waals surface area contributed by atoms with Gasteiger partial charge in [-0.1, -0.05) is 11.6 Å². The molecule has 2 aliphatic heterocycles. The summed E-state index contributed by atoms with van der Waals surface area (Å²) in [5, 5.41) is 3.21. The number of anilines is 2. The molecule has 134 valence electrons. The lowest BCUT2D eigenvalue weighted by atomic mass is 10.1. The van der Waals surface area contributed by atoms with Crippen molar-refractivity contribution in [2.75, 3.05) is 30.0 Å². The van der Waals surface area contributed by atoms with Gasteiger partial charge < -0.3 is 19.7 Å². The number of carbonyl (C=O) groups is 2. The van der Waals surface area contributed by atoms with Gasteiger partial charge in [0.25, 0.3) is 0 Å². The van der Waals surface area contributed by atoms with Crippen LogP contribution in [0.2, 0.25) is 5.02 Å². The van der Waals surface area contributed by atoms with Crippen LogP contribution in [0.4, 0.5) is 11.5 Å². The Labute approximate surface area is 154 Å². The molecule has 26 heavy (non-hydrogen) atoms. The zero-order valence-corrected chi connectivity index (χ0v) is 14.5. The lowest BCUT2D eigenvalue weighted by Crippen LogP contribution is -2.28. The molecule has 2 aliphatic rings. The van der Waals surface area contributed by atoms with Gasteiger partial charge in [0.2, 0.25) is 11.8 Å². The Morgan fingerprint density at radius 2 is 2.00 bits per heavy atom. The van der Waals surface area contributed by atoms with E-state index in [1.165, 1.54) is 6.20 Å². The molecule has 7 nitrogen and oxygen atoms in total. The van der Waals surface area contributed by atoms with E-state index in [1.807, 2.05) is 0 Å². The van der Waals surface area contributed by atoms with Crippen molar-refractivity contribution in [2.24, 2.45) is 5.92 Å². The molecular formula is C18H16ClN3O4. The molecule has 1 fully saturated rings. The van der Waals surface area contributed by atoms with Crippen LogP contribution in [0.25, 0.3) is 0 Å². The molecule has 3 heterocycles. The minimum Gasteiger partial charge on any atom is -0.486 e. The van der Waals surface area contributed by atoms with Gasteiger partial charge in [-0.25, -0.2) is 4.98 Å². The smallest absolute Gasteiger partial charge is 0.230 e. The predicted molar refractivity (Wildman–Crippen MR) is 95.8 cm³/mol. The van der Waals surface area contributed by atoms with E-state index in [9.17, 15) is 9.59 Å². The SMILES string of the molecule is O=C(Nc1ccc(Cl)cn1)[C@@H]1CC(=O)N(c2ccc3c(c2)OCCO3)C1. The maximum atomic E-state index is 12.4. The van der Waals surface area contributed by atoms with Crippen molar-refractivity contribution in [3.05, 3.63) is 41.6 Å². The molecule has 1 N–H and O–H groups in total. The van der Waals surface area contributed by atoms with E-state index >= 15 is 0 Å². The zero-order valence-electron chi connectivity index (χ0n) is 13.8. The van der Waals surface area contributed by atoms with Gasteiger partial charge in [0.05, 0.1) is 10.9 Å². The Morgan fingerprint density at radius 1 is 1.19 bits per heavy atom. The lowest BCUT2D eigenvalue weighted by molar-refractivity contribution is -0.122. The van der Waals surface area contributed by atoms with Crippen LogP contribution in [0.15, 0.2) is 36.5 Å². The van der Waals surface area contributed by atoms with Crippen molar-refractivity contribution in [3.8, 4) is 11.5 Å². The van der Waals surface area contributed by atoms with Crippen LogP contribution in [-0.2, 0) is 9.59 Å². The molecule has 0 saturated carbocycles. The first-order chi connectivity index (χ1) is 12.6. The van der Waals surface area contributed by atoms with E-state index in [4.69, 9.17) is 21.1 Å². The number of nitrogens with one attached hydrogen (secondary N) is 1. The molecule has 0 bridgehead atoms. The van der Waals surface area contributed by atoms with E-state index in [0.717, 1.165) is 0 Å². The number of hydrogen-bond donors (Lipinski definition) is 1. The third-order valence-electron chi connectivity index (χ3n) is 4.31. The minimum atomic E-state index is -0.451. The number of ether oxygens (including phenoxy) is 2. The van der Waals surface area contributed by atoms with Crippen molar-refractivity contribution in [2.45, 2.75) is 6.42 Å². The first kappa shape index (κ1) is 16.7. The van der Waals surface area contributed by atoms with Gasteiger partial charge in [-0.2, -0.15) is 0 Å². The molecule has 4 rings (SSSR count). The highest BCUT2D eigenvalue weighted by molar-refractivity contribution is 6.30. The highest BCUT2D eigenvalue weighted by Crippen LogP contribution is 2.36. The van der Waals surface area contributed by atoms with Crippen molar-refractivity contribution < 1.29 is 19.1 Å². The van der Waals surface area contributed by atoms with Crippen LogP contribution in [-0.4, -0.2) is 36.6 Å². The van der Waals surface area contributed by atoms with Gasteiger partial charge in [0.1, 0.15) is 19.0 Å². The summed E-state index contributed by atoms with van der Waals surface area (Å²) in [7, 11) is 0. The van der Waals surface area contributed by atoms with Gasteiger partial charge in [-0.15, -0.1) is 0 Å². The summed E-state index contributed by atoms with van der Waals surface area (Å²) >= 11 is 5.79. The van der Waals surface area contributed by atoms with E-state index in [-0.39, 0.29) is 18.2 Å². The minimum absolute atomic E-state index is 0.106. The summed E-state index contributed by atoms with van der Waals surface area (Å²) in [5.41, 5.74) is 0.694. The number of rotatable bonds is 3. The predicted octanol–water partition coefficient (Wildman–Crippen LogP) is 2.50. The number of fused-ring (bicyclic) bond motifs is 1. The zero-order chi connectivity index (χ0) is 18.1. The van der Waals surface area contributed by atoms with Gasteiger partial charge in [0, 0.05) is 30.9 Å². The third-order valence-corrected chi connectivity index (χ3v) is 4.54. The van der Waals surface area contributed by atoms with E-state index in [0.29, 0.717) is 47.8 Å². The van der Waals surface area contributed by atoms with Crippen LogP contribution in [0, 0.1) is 5.92 Å². The molecule has 0 unspecified atom stereocenters. The Hall–Kier alpha value is -2.80. The summed E-state index contributed by atoms with van der Waals surface area (Å²) in [6.45, 7) is 1.29. The van der Waals surface area contributed by atoms with Crippen LogP contribution in [0.3, 0.4) is 0 Å². The largest absolute Gasteiger partial charge is 0.486 e. The van der Waals surface area contributed by atoms with Gasteiger partial charge in [-0.05, 0) is 24.3 Å². The third kappa shape index (κ3) is 3.30. The van der Waals surface area contributed by atoms with Gasteiger partial charge in [0.15, 0.2) is 11.5 Å². The first-order valence-electron chi connectivity index (χ1n) is 8.22. The first-order valence-corrected chi connectivity index (χ1v) is 8.60. The standard InChI is InChI=1S/C18H16ClN3O4/c19-12-1-4-16(20-9-12)21-18(24)11-7-17(23)22(10-11)13-2-3-14-15(8-13)26-6-5-25-14/h1-4,8-9,11H,5-7,10H2,(H,20,21,24)/t11-/m1/s1. The van der Waals surface area contributed by atoms with Crippen molar-refractivity contribution in [1.82, 2.24) is 4.98 Å². The molecule has 0 spiro atoms. The van der Waals surface area contributed by atoms with Crippen LogP contribution in [0.1, 0.15) is 6.42 Å². The quantitative estimate of drug-likeness (QED) is 0.894. The molecule has 1 aromatic heterocycles. The highest BCUT2D eigenvalue weighted by Gasteiger charge is 2.35. The molecule has 1 aromatic carbocycles. The summed E-state index contributed by atoms with van der Waals surface area (Å²) in [4.78, 5) is 30.5. The highest BCUT2D eigenvalue weighted by atomic mass is 35.5. The Balaban J connectivity index is 1.46. The summed E-state index contributed by atoms with van der Waals surface area (Å²) < 4.78 is 11.1.